The molecule has 5 atom stereocenters. The average molecular weight is 517 g/mol. The fourth-order valence-electron chi connectivity index (χ4n) is 4.48. The van der Waals surface area contributed by atoms with E-state index in [2.05, 4.69) is 25.6 Å². The minimum Gasteiger partial charge on any atom is -0.467 e. The number of fused-ring (bicyclic) bond motifs is 1. The third-order valence-electron chi connectivity index (χ3n) is 6.56. The Morgan fingerprint density at radius 2 is 1.94 bits per heavy atom. The summed E-state index contributed by atoms with van der Waals surface area (Å²) in [5.41, 5.74) is 2.85. The minimum absolute atomic E-state index is 0.0886. The highest BCUT2D eigenvalue weighted by Crippen LogP contribution is 2.38. The summed E-state index contributed by atoms with van der Waals surface area (Å²) in [6, 6.07) is 0.675. The second kappa shape index (κ2) is 10.6. The number of rotatable bonds is 8. The number of aromatic nitrogens is 4. The van der Waals surface area contributed by atoms with Gasteiger partial charge in [0.05, 0.1) is 40.9 Å². The zero-order valence-corrected chi connectivity index (χ0v) is 21.7. The molecule has 194 valence electrons. The lowest BCUT2D eigenvalue weighted by Gasteiger charge is -2.23. The van der Waals surface area contributed by atoms with E-state index in [0.29, 0.717) is 28.5 Å². The molecule has 1 saturated carbocycles. The molecule has 0 aromatic carbocycles. The van der Waals surface area contributed by atoms with Crippen LogP contribution in [0.1, 0.15) is 31.7 Å². The summed E-state index contributed by atoms with van der Waals surface area (Å²) >= 11 is 1.47. The molecule has 1 aliphatic carbocycles. The molecule has 36 heavy (non-hydrogen) atoms. The maximum Gasteiger partial charge on any atom is 0.328 e. The minimum atomic E-state index is -1.10. The van der Waals surface area contributed by atoms with E-state index in [1.165, 1.54) is 18.4 Å². The summed E-state index contributed by atoms with van der Waals surface area (Å²) in [4.78, 5) is 30.7. The van der Waals surface area contributed by atoms with Crippen LogP contribution in [0.4, 0.5) is 11.8 Å². The Labute approximate surface area is 213 Å². The highest BCUT2D eigenvalue weighted by Gasteiger charge is 2.41. The van der Waals surface area contributed by atoms with Crippen molar-refractivity contribution >= 4 is 39.3 Å². The first-order valence-electron chi connectivity index (χ1n) is 11.8. The van der Waals surface area contributed by atoms with Crippen molar-refractivity contribution < 1.29 is 24.9 Å². The highest BCUT2D eigenvalue weighted by molar-refractivity contribution is 7.21. The molecule has 4 rings (SSSR count). The van der Waals surface area contributed by atoms with Crippen molar-refractivity contribution in [1.29, 1.82) is 0 Å². The first-order valence-corrected chi connectivity index (χ1v) is 12.6. The van der Waals surface area contributed by atoms with E-state index in [1.807, 2.05) is 33.8 Å². The standard InChI is InChI=1S/C24H32N6O5S/c1-10(2)17(23(34)35-5)29-24-26-11(3)16(22-28-18-12(4)25-7-6-15(18)36-22)21(30-24)27-14-8-13(9-31)19(32)20(14)33/h6-7,10,13-14,17,19-20,31-33H,8-9H2,1-5H3,(H2,26,27,29,30)/t13-,14?,17?,19-,20+/m1/s1. The first kappa shape index (κ1) is 26.1. The van der Waals surface area contributed by atoms with Crippen molar-refractivity contribution in [2.24, 2.45) is 11.8 Å². The molecule has 0 bridgehead atoms. The van der Waals surface area contributed by atoms with E-state index in [0.717, 1.165) is 15.9 Å². The predicted octanol–water partition coefficient (Wildman–Crippen LogP) is 1.89. The molecule has 0 spiro atoms. The van der Waals surface area contributed by atoms with Gasteiger partial charge in [0, 0.05) is 18.7 Å². The van der Waals surface area contributed by atoms with E-state index < -0.39 is 36.2 Å². The van der Waals surface area contributed by atoms with E-state index in [4.69, 9.17) is 9.72 Å². The second-order valence-electron chi connectivity index (χ2n) is 9.42. The van der Waals surface area contributed by atoms with Crippen molar-refractivity contribution in [3.8, 4) is 10.6 Å². The van der Waals surface area contributed by atoms with Gasteiger partial charge in [-0.15, -0.1) is 11.3 Å². The number of nitrogens with one attached hydrogen (secondary N) is 2. The third-order valence-corrected chi connectivity index (χ3v) is 7.60. The van der Waals surface area contributed by atoms with E-state index in [9.17, 15) is 20.1 Å². The molecule has 3 heterocycles. The SMILES string of the molecule is COC(=O)C(Nc1nc(C)c(-c2nc3c(C)nccc3s2)c(NC2C[C@H](CO)[C@@H](O)[C@H]2O)n1)C(C)C. The van der Waals surface area contributed by atoms with Crippen LogP contribution in [-0.2, 0) is 9.53 Å². The van der Waals surface area contributed by atoms with Gasteiger partial charge in [-0.2, -0.15) is 4.98 Å². The summed E-state index contributed by atoms with van der Waals surface area (Å²) < 4.78 is 5.90. The zero-order chi connectivity index (χ0) is 26.1. The van der Waals surface area contributed by atoms with Gasteiger partial charge < -0.3 is 30.7 Å². The van der Waals surface area contributed by atoms with E-state index in [1.54, 1.807) is 6.20 Å². The van der Waals surface area contributed by atoms with Crippen molar-refractivity contribution in [3.63, 3.8) is 0 Å². The number of pyridine rings is 1. The fraction of sp³-hybridized carbons (Fsp3) is 0.542. The van der Waals surface area contributed by atoms with Gasteiger partial charge in [0.2, 0.25) is 5.95 Å². The van der Waals surface area contributed by atoms with Gasteiger partial charge in [0.25, 0.3) is 0 Å². The molecule has 0 saturated heterocycles. The fourth-order valence-corrected chi connectivity index (χ4v) is 5.59. The van der Waals surface area contributed by atoms with Crippen LogP contribution in [0, 0.1) is 25.7 Å². The molecule has 0 amide bonds. The number of thiazole rings is 1. The van der Waals surface area contributed by atoms with Gasteiger partial charge in [-0.05, 0) is 32.3 Å². The van der Waals surface area contributed by atoms with Gasteiger partial charge >= 0.3 is 5.97 Å². The molecular weight excluding hydrogens is 484 g/mol. The number of methoxy groups -OCH3 is 1. The molecule has 2 unspecified atom stereocenters. The van der Waals surface area contributed by atoms with Crippen LogP contribution in [0.25, 0.3) is 20.8 Å². The molecule has 3 aromatic rings. The maximum atomic E-state index is 12.3. The van der Waals surface area contributed by atoms with Gasteiger partial charge in [0.1, 0.15) is 28.5 Å². The largest absolute Gasteiger partial charge is 0.467 e. The summed E-state index contributed by atoms with van der Waals surface area (Å²) in [5.74, 6) is -0.360. The summed E-state index contributed by atoms with van der Waals surface area (Å²) in [6.07, 6.45) is -0.0671. The number of nitrogens with zero attached hydrogens (tertiary/aromatic N) is 4. The Balaban J connectivity index is 1.79. The normalized spacial score (nSPS) is 22.7. The lowest BCUT2D eigenvalue weighted by molar-refractivity contribution is -0.142. The molecule has 5 N–H and O–H groups in total. The molecule has 0 aliphatic heterocycles. The van der Waals surface area contributed by atoms with Gasteiger partial charge in [-0.25, -0.2) is 14.8 Å². The van der Waals surface area contributed by atoms with Crippen LogP contribution < -0.4 is 10.6 Å². The average Bonchev–Trinajstić information content (AvgIpc) is 3.39. The van der Waals surface area contributed by atoms with Crippen molar-refractivity contribution in [2.75, 3.05) is 24.4 Å². The summed E-state index contributed by atoms with van der Waals surface area (Å²) in [5, 5.41) is 37.6. The Bertz CT molecular complexity index is 1250. The Morgan fingerprint density at radius 1 is 1.19 bits per heavy atom. The topological polar surface area (TPSA) is 163 Å². The van der Waals surface area contributed by atoms with Crippen LogP contribution in [0.5, 0.6) is 0 Å². The number of ether oxygens (including phenoxy) is 1. The van der Waals surface area contributed by atoms with Crippen molar-refractivity contribution in [3.05, 3.63) is 23.7 Å². The lowest BCUT2D eigenvalue weighted by Crippen LogP contribution is -2.37. The molecule has 11 nitrogen and oxygen atoms in total. The number of anilines is 2. The second-order valence-corrected chi connectivity index (χ2v) is 10.4. The van der Waals surface area contributed by atoms with Gasteiger partial charge in [-0.1, -0.05) is 13.8 Å². The van der Waals surface area contributed by atoms with Crippen LogP contribution in [0.2, 0.25) is 0 Å². The van der Waals surface area contributed by atoms with Crippen molar-refractivity contribution in [1.82, 2.24) is 19.9 Å². The Morgan fingerprint density at radius 3 is 2.56 bits per heavy atom. The van der Waals surface area contributed by atoms with Crippen molar-refractivity contribution in [2.45, 2.75) is 58.4 Å². The molecular formula is C24H32N6O5S. The van der Waals surface area contributed by atoms with Crippen LogP contribution in [0.3, 0.4) is 0 Å². The lowest BCUT2D eigenvalue weighted by atomic mass is 10.1. The molecule has 1 fully saturated rings. The number of aliphatic hydroxyl groups is 3. The molecule has 1 aliphatic rings. The zero-order valence-electron chi connectivity index (χ0n) is 20.9. The Hall–Kier alpha value is -2.93. The molecule has 0 radical (unpaired) electrons. The smallest absolute Gasteiger partial charge is 0.328 e. The predicted molar refractivity (Wildman–Crippen MR) is 137 cm³/mol. The number of carbonyl (C=O) groups excluding carboxylic acids is 1. The number of hydrogen-bond donors (Lipinski definition) is 5. The van der Waals surface area contributed by atoms with Gasteiger partial charge in [-0.3, -0.25) is 4.98 Å². The maximum absolute atomic E-state index is 12.3. The quantitative estimate of drug-likeness (QED) is 0.278. The number of esters is 1. The van der Waals surface area contributed by atoms with Gasteiger partial charge in [0.15, 0.2) is 0 Å². The Kier molecular flexibility index (Phi) is 7.69. The highest BCUT2D eigenvalue weighted by atomic mass is 32.1. The number of hydrogen-bond acceptors (Lipinski definition) is 12. The van der Waals surface area contributed by atoms with Crippen LogP contribution in [-0.4, -0.2) is 79.2 Å². The number of aliphatic hydroxyl groups excluding tert-OH is 3. The molecule has 3 aromatic heterocycles. The van der Waals surface area contributed by atoms with E-state index >= 15 is 0 Å². The van der Waals surface area contributed by atoms with Crippen LogP contribution in [0.15, 0.2) is 12.3 Å². The molecule has 12 heteroatoms. The number of carbonyl (C=O) groups is 1. The summed E-state index contributed by atoms with van der Waals surface area (Å²) in [7, 11) is 1.33. The summed E-state index contributed by atoms with van der Waals surface area (Å²) in [6.45, 7) is 7.25. The van der Waals surface area contributed by atoms with Crippen LogP contribution >= 0.6 is 11.3 Å². The third kappa shape index (κ3) is 4.99. The first-order chi connectivity index (χ1) is 17.1. The van der Waals surface area contributed by atoms with E-state index in [-0.39, 0.29) is 18.5 Å². The number of aryl methyl sites for hydroxylation is 2. The monoisotopic (exact) mass is 516 g/mol.